The Hall–Kier alpha value is -1.92. The minimum atomic E-state index is -0.588. The number of piperidine rings is 1. The van der Waals surface area contributed by atoms with Crippen LogP contribution in [0.2, 0.25) is 0 Å². The van der Waals surface area contributed by atoms with E-state index in [1.807, 2.05) is 31.2 Å². The first-order valence-corrected chi connectivity index (χ1v) is 8.10. The minimum absolute atomic E-state index is 0.474. The Labute approximate surface area is 135 Å². The monoisotopic (exact) mass is 318 g/mol. The molecule has 23 heavy (non-hydrogen) atoms. The van der Waals surface area contributed by atoms with Crippen molar-refractivity contribution in [2.45, 2.75) is 32.0 Å². The lowest BCUT2D eigenvalue weighted by Gasteiger charge is -2.37. The molecule has 0 aromatic heterocycles. The number of carbonyl (C=O) groups excluding carboxylic acids is 2. The first-order valence-electron chi connectivity index (χ1n) is 8.10. The van der Waals surface area contributed by atoms with Crippen molar-refractivity contribution in [2.24, 2.45) is 0 Å². The van der Waals surface area contributed by atoms with Crippen LogP contribution in [0.1, 0.15) is 25.3 Å². The second-order valence-electron chi connectivity index (χ2n) is 5.86. The number of likely N-dealkylation sites (tertiary alicyclic amines) is 1. The largest absolute Gasteiger partial charge is 0.347 e. The van der Waals surface area contributed by atoms with E-state index in [1.165, 1.54) is 0 Å². The van der Waals surface area contributed by atoms with E-state index in [0.29, 0.717) is 44.8 Å². The maximum atomic E-state index is 12.3. The van der Waals surface area contributed by atoms with Crippen molar-refractivity contribution < 1.29 is 19.1 Å². The van der Waals surface area contributed by atoms with E-state index in [9.17, 15) is 9.59 Å². The predicted octanol–water partition coefficient (Wildman–Crippen LogP) is 1.55. The van der Waals surface area contributed by atoms with Crippen LogP contribution in [0.4, 0.5) is 5.69 Å². The van der Waals surface area contributed by atoms with Crippen LogP contribution in [-0.2, 0) is 25.5 Å². The summed E-state index contributed by atoms with van der Waals surface area (Å²) in [6.07, 6.45) is 2.01. The topological polar surface area (TPSA) is 67.9 Å². The molecule has 6 heteroatoms. The van der Waals surface area contributed by atoms with E-state index in [4.69, 9.17) is 9.47 Å². The van der Waals surface area contributed by atoms with Crippen LogP contribution in [0.25, 0.3) is 0 Å². The molecule has 6 nitrogen and oxygen atoms in total. The molecule has 1 spiro atoms. The van der Waals surface area contributed by atoms with E-state index < -0.39 is 17.6 Å². The van der Waals surface area contributed by atoms with Crippen molar-refractivity contribution in [3.63, 3.8) is 0 Å². The van der Waals surface area contributed by atoms with Gasteiger partial charge >= 0.3 is 11.8 Å². The third-order valence-electron chi connectivity index (χ3n) is 4.47. The number of carbonyl (C=O) groups is 2. The molecule has 3 rings (SSSR count). The van der Waals surface area contributed by atoms with Crippen LogP contribution < -0.4 is 5.32 Å². The van der Waals surface area contributed by atoms with Gasteiger partial charge in [-0.05, 0) is 18.1 Å². The van der Waals surface area contributed by atoms with Crippen molar-refractivity contribution in [3.05, 3.63) is 29.8 Å². The first kappa shape index (κ1) is 16.0. The molecule has 124 valence electrons. The summed E-state index contributed by atoms with van der Waals surface area (Å²) in [5, 5.41) is 2.73. The molecule has 1 aromatic rings. The fourth-order valence-corrected chi connectivity index (χ4v) is 3.11. The van der Waals surface area contributed by atoms with Crippen molar-refractivity contribution in [1.29, 1.82) is 0 Å². The summed E-state index contributed by atoms with van der Waals surface area (Å²) in [6, 6.07) is 7.52. The van der Waals surface area contributed by atoms with E-state index in [1.54, 1.807) is 4.90 Å². The van der Waals surface area contributed by atoms with Crippen molar-refractivity contribution in [1.82, 2.24) is 4.90 Å². The summed E-state index contributed by atoms with van der Waals surface area (Å²) in [7, 11) is 0. The van der Waals surface area contributed by atoms with Crippen LogP contribution in [0.15, 0.2) is 24.3 Å². The summed E-state index contributed by atoms with van der Waals surface area (Å²) in [5.41, 5.74) is 1.71. The first-order chi connectivity index (χ1) is 11.1. The summed E-state index contributed by atoms with van der Waals surface area (Å²) in [6.45, 7) is 4.16. The molecule has 0 radical (unpaired) electrons. The summed E-state index contributed by atoms with van der Waals surface area (Å²) >= 11 is 0. The van der Waals surface area contributed by atoms with Gasteiger partial charge in [0.05, 0.1) is 13.2 Å². The fraction of sp³-hybridized carbons (Fsp3) is 0.529. The Balaban J connectivity index is 1.59. The number of hydrogen-bond donors (Lipinski definition) is 1. The third kappa shape index (κ3) is 3.38. The van der Waals surface area contributed by atoms with Crippen LogP contribution in [0.3, 0.4) is 0 Å². The molecule has 0 aliphatic carbocycles. The zero-order valence-electron chi connectivity index (χ0n) is 13.3. The lowest BCUT2D eigenvalue weighted by molar-refractivity contribution is -0.187. The van der Waals surface area contributed by atoms with Crippen LogP contribution in [0, 0.1) is 0 Å². The van der Waals surface area contributed by atoms with Gasteiger partial charge in [-0.3, -0.25) is 9.59 Å². The predicted molar refractivity (Wildman–Crippen MR) is 84.9 cm³/mol. The molecular formula is C17H22N2O4. The Morgan fingerprint density at radius 3 is 2.48 bits per heavy atom. The Bertz CT molecular complexity index is 586. The number of hydrogen-bond acceptors (Lipinski definition) is 4. The SMILES string of the molecule is CCc1ccccc1NC(=O)C(=O)N1CCC2(CC1)OCCO2. The van der Waals surface area contributed by atoms with Gasteiger partial charge in [-0.25, -0.2) is 0 Å². The highest BCUT2D eigenvalue weighted by molar-refractivity contribution is 6.39. The molecule has 0 bridgehead atoms. The smallest absolute Gasteiger partial charge is 0.313 e. The van der Waals surface area contributed by atoms with E-state index >= 15 is 0 Å². The molecule has 1 aromatic carbocycles. The zero-order valence-corrected chi connectivity index (χ0v) is 13.3. The number of anilines is 1. The molecule has 0 atom stereocenters. The highest BCUT2D eigenvalue weighted by Gasteiger charge is 2.41. The maximum Gasteiger partial charge on any atom is 0.313 e. The Kier molecular flexibility index (Phi) is 4.63. The number of benzene rings is 1. The van der Waals surface area contributed by atoms with E-state index in [-0.39, 0.29) is 0 Å². The number of nitrogens with one attached hydrogen (secondary N) is 1. The minimum Gasteiger partial charge on any atom is -0.347 e. The highest BCUT2D eigenvalue weighted by Crippen LogP contribution is 2.31. The number of aryl methyl sites for hydroxylation is 1. The third-order valence-corrected chi connectivity index (χ3v) is 4.47. The van der Waals surface area contributed by atoms with Crippen LogP contribution in [0.5, 0.6) is 0 Å². The summed E-state index contributed by atoms with van der Waals surface area (Å²) in [4.78, 5) is 26.1. The molecule has 2 aliphatic rings. The fourth-order valence-electron chi connectivity index (χ4n) is 3.11. The van der Waals surface area contributed by atoms with Crippen LogP contribution >= 0.6 is 0 Å². The van der Waals surface area contributed by atoms with Gasteiger partial charge in [-0.1, -0.05) is 25.1 Å². The van der Waals surface area contributed by atoms with Gasteiger partial charge in [0, 0.05) is 31.6 Å². The number of amides is 2. The standard InChI is InChI=1S/C17H22N2O4/c1-2-13-5-3-4-6-14(13)18-15(20)16(21)19-9-7-17(8-10-19)22-11-12-23-17/h3-6H,2,7-12H2,1H3,(H,18,20). The molecule has 2 fully saturated rings. The van der Waals surface area contributed by atoms with Gasteiger partial charge in [0.2, 0.25) is 0 Å². The number of rotatable bonds is 2. The molecule has 2 saturated heterocycles. The van der Waals surface area contributed by atoms with Gasteiger partial charge in [0.25, 0.3) is 0 Å². The average molecular weight is 318 g/mol. The lowest BCUT2D eigenvalue weighted by atomic mass is 10.0. The quantitative estimate of drug-likeness (QED) is 0.840. The summed E-state index contributed by atoms with van der Waals surface area (Å²) in [5.74, 6) is -1.62. The van der Waals surface area contributed by atoms with Gasteiger partial charge in [0.15, 0.2) is 5.79 Å². The van der Waals surface area contributed by atoms with Crippen molar-refractivity contribution >= 4 is 17.5 Å². The van der Waals surface area contributed by atoms with E-state index in [0.717, 1.165) is 12.0 Å². The normalized spacial score (nSPS) is 19.8. The molecule has 1 N–H and O–H groups in total. The molecule has 2 amide bonds. The van der Waals surface area contributed by atoms with Gasteiger partial charge in [-0.2, -0.15) is 0 Å². The maximum absolute atomic E-state index is 12.3. The second-order valence-corrected chi connectivity index (χ2v) is 5.86. The Morgan fingerprint density at radius 1 is 1.17 bits per heavy atom. The van der Waals surface area contributed by atoms with Gasteiger partial charge in [0.1, 0.15) is 0 Å². The number of ether oxygens (including phenoxy) is 2. The molecule has 0 unspecified atom stereocenters. The number of para-hydroxylation sites is 1. The number of nitrogens with zero attached hydrogens (tertiary/aromatic N) is 1. The highest BCUT2D eigenvalue weighted by atomic mass is 16.7. The molecule has 0 saturated carbocycles. The molecule has 2 heterocycles. The zero-order chi connectivity index (χ0) is 16.3. The van der Waals surface area contributed by atoms with E-state index in [2.05, 4.69) is 5.32 Å². The lowest BCUT2D eigenvalue weighted by Crippen LogP contribution is -2.50. The summed E-state index contributed by atoms with van der Waals surface area (Å²) < 4.78 is 11.3. The average Bonchev–Trinajstić information content (AvgIpc) is 3.03. The van der Waals surface area contributed by atoms with Crippen LogP contribution in [-0.4, -0.2) is 48.8 Å². The van der Waals surface area contributed by atoms with Crippen molar-refractivity contribution in [2.75, 3.05) is 31.6 Å². The molecule has 2 aliphatic heterocycles. The molecular weight excluding hydrogens is 296 g/mol. The van der Waals surface area contributed by atoms with Gasteiger partial charge in [-0.15, -0.1) is 0 Å². The second kappa shape index (κ2) is 6.68. The van der Waals surface area contributed by atoms with Crippen molar-refractivity contribution in [3.8, 4) is 0 Å². The van der Waals surface area contributed by atoms with Gasteiger partial charge < -0.3 is 19.7 Å². The Morgan fingerprint density at radius 2 is 1.83 bits per heavy atom.